The average molecular weight is 225 g/mol. The standard InChI is InChI=1S/C13H23NO2/c1-10(6-9-15)11-4-2-7-13(11)8-3-5-12(16)14-13/h10-11,15H,2-9H2,1H3,(H,14,16)/t10-,11+,13-/m1/s1. The third-order valence-corrected chi connectivity index (χ3v) is 4.53. The van der Waals surface area contributed by atoms with Crippen LogP contribution in [0.25, 0.3) is 0 Å². The number of aliphatic hydroxyl groups excluding tert-OH is 1. The summed E-state index contributed by atoms with van der Waals surface area (Å²) in [5.41, 5.74) is 0.0733. The first-order valence-electron chi connectivity index (χ1n) is 6.60. The van der Waals surface area contributed by atoms with Gasteiger partial charge in [-0.3, -0.25) is 4.79 Å². The fourth-order valence-corrected chi connectivity index (χ4v) is 3.77. The molecular weight excluding hydrogens is 202 g/mol. The molecule has 0 bridgehead atoms. The Bertz CT molecular complexity index is 267. The van der Waals surface area contributed by atoms with Crippen molar-refractivity contribution >= 4 is 5.91 Å². The fourth-order valence-electron chi connectivity index (χ4n) is 3.77. The van der Waals surface area contributed by atoms with E-state index in [1.165, 1.54) is 12.8 Å². The van der Waals surface area contributed by atoms with Crippen LogP contribution in [0.2, 0.25) is 0 Å². The highest BCUT2D eigenvalue weighted by Gasteiger charge is 2.46. The van der Waals surface area contributed by atoms with Gasteiger partial charge in [-0.15, -0.1) is 0 Å². The molecule has 1 amide bonds. The van der Waals surface area contributed by atoms with Gasteiger partial charge in [0, 0.05) is 18.6 Å². The molecule has 0 aromatic rings. The van der Waals surface area contributed by atoms with Crippen LogP contribution in [-0.2, 0) is 4.79 Å². The molecule has 2 aliphatic rings. The molecule has 16 heavy (non-hydrogen) atoms. The Labute approximate surface area is 97.6 Å². The quantitative estimate of drug-likeness (QED) is 0.770. The fraction of sp³-hybridized carbons (Fsp3) is 0.923. The molecule has 1 heterocycles. The van der Waals surface area contributed by atoms with Crippen LogP contribution in [0.4, 0.5) is 0 Å². The molecule has 1 aliphatic heterocycles. The van der Waals surface area contributed by atoms with E-state index >= 15 is 0 Å². The second-order valence-corrected chi connectivity index (χ2v) is 5.55. The first-order chi connectivity index (χ1) is 7.68. The average Bonchev–Trinajstić information content (AvgIpc) is 2.61. The SMILES string of the molecule is C[C@H](CCO)[C@@H]1CCC[C@@]12CCCC(=O)N2. The lowest BCUT2D eigenvalue weighted by molar-refractivity contribution is -0.126. The van der Waals surface area contributed by atoms with Crippen LogP contribution in [0.5, 0.6) is 0 Å². The molecule has 2 fully saturated rings. The third kappa shape index (κ3) is 2.10. The van der Waals surface area contributed by atoms with E-state index < -0.39 is 0 Å². The van der Waals surface area contributed by atoms with Crippen molar-refractivity contribution in [1.82, 2.24) is 5.32 Å². The lowest BCUT2D eigenvalue weighted by atomic mass is 9.73. The Balaban J connectivity index is 2.09. The van der Waals surface area contributed by atoms with Crippen molar-refractivity contribution < 1.29 is 9.90 Å². The Morgan fingerprint density at radius 3 is 2.94 bits per heavy atom. The normalized spacial score (nSPS) is 36.4. The largest absolute Gasteiger partial charge is 0.396 e. The van der Waals surface area contributed by atoms with Crippen molar-refractivity contribution in [2.24, 2.45) is 11.8 Å². The highest BCUT2D eigenvalue weighted by molar-refractivity contribution is 5.77. The van der Waals surface area contributed by atoms with Gasteiger partial charge in [0.15, 0.2) is 0 Å². The van der Waals surface area contributed by atoms with Gasteiger partial charge in [-0.05, 0) is 43.9 Å². The maximum Gasteiger partial charge on any atom is 0.220 e. The minimum Gasteiger partial charge on any atom is -0.396 e. The zero-order chi connectivity index (χ0) is 11.6. The predicted molar refractivity (Wildman–Crippen MR) is 62.9 cm³/mol. The summed E-state index contributed by atoms with van der Waals surface area (Å²) in [6, 6.07) is 0. The summed E-state index contributed by atoms with van der Waals surface area (Å²) >= 11 is 0. The summed E-state index contributed by atoms with van der Waals surface area (Å²) in [6.45, 7) is 2.48. The summed E-state index contributed by atoms with van der Waals surface area (Å²) in [7, 11) is 0. The molecule has 3 heteroatoms. The van der Waals surface area contributed by atoms with E-state index in [0.717, 1.165) is 25.7 Å². The Morgan fingerprint density at radius 1 is 1.50 bits per heavy atom. The predicted octanol–water partition coefficient (Wildman–Crippen LogP) is 1.84. The second-order valence-electron chi connectivity index (χ2n) is 5.55. The minimum absolute atomic E-state index is 0.0733. The van der Waals surface area contributed by atoms with Gasteiger partial charge < -0.3 is 10.4 Å². The van der Waals surface area contributed by atoms with E-state index in [0.29, 0.717) is 18.3 Å². The number of piperidine rings is 1. The van der Waals surface area contributed by atoms with Gasteiger partial charge in [0.2, 0.25) is 5.91 Å². The molecule has 0 aromatic heterocycles. The Hall–Kier alpha value is -0.570. The van der Waals surface area contributed by atoms with Crippen LogP contribution in [0.15, 0.2) is 0 Å². The van der Waals surface area contributed by atoms with Crippen LogP contribution >= 0.6 is 0 Å². The van der Waals surface area contributed by atoms with E-state index in [1.807, 2.05) is 0 Å². The number of aliphatic hydroxyl groups is 1. The van der Waals surface area contributed by atoms with E-state index in [9.17, 15) is 4.79 Å². The van der Waals surface area contributed by atoms with Crippen molar-refractivity contribution in [3.05, 3.63) is 0 Å². The highest BCUT2D eigenvalue weighted by Crippen LogP contribution is 2.45. The first kappa shape index (κ1) is 11.9. The number of rotatable bonds is 3. The van der Waals surface area contributed by atoms with Gasteiger partial charge in [-0.2, -0.15) is 0 Å². The smallest absolute Gasteiger partial charge is 0.220 e. The molecule has 2 N–H and O–H groups in total. The summed E-state index contributed by atoms with van der Waals surface area (Å²) in [5, 5.41) is 12.3. The molecular formula is C13H23NO2. The first-order valence-corrected chi connectivity index (χ1v) is 6.60. The monoisotopic (exact) mass is 225 g/mol. The van der Waals surface area contributed by atoms with Gasteiger partial charge in [0.1, 0.15) is 0 Å². The maximum atomic E-state index is 11.6. The van der Waals surface area contributed by atoms with E-state index in [1.54, 1.807) is 0 Å². The van der Waals surface area contributed by atoms with Gasteiger partial charge >= 0.3 is 0 Å². The molecule has 0 unspecified atom stereocenters. The lowest BCUT2D eigenvalue weighted by Gasteiger charge is -2.42. The van der Waals surface area contributed by atoms with E-state index in [4.69, 9.17) is 5.11 Å². The molecule has 3 atom stereocenters. The van der Waals surface area contributed by atoms with Crippen molar-refractivity contribution in [3.63, 3.8) is 0 Å². The topological polar surface area (TPSA) is 49.3 Å². The summed E-state index contributed by atoms with van der Waals surface area (Å²) < 4.78 is 0. The van der Waals surface area contributed by atoms with Crippen molar-refractivity contribution in [1.29, 1.82) is 0 Å². The number of nitrogens with one attached hydrogen (secondary N) is 1. The summed E-state index contributed by atoms with van der Waals surface area (Å²) in [5.74, 6) is 1.32. The number of hydrogen-bond acceptors (Lipinski definition) is 2. The van der Waals surface area contributed by atoms with Gasteiger partial charge in [0.25, 0.3) is 0 Å². The molecule has 1 aliphatic carbocycles. The molecule has 3 nitrogen and oxygen atoms in total. The van der Waals surface area contributed by atoms with Gasteiger partial charge in [-0.1, -0.05) is 13.3 Å². The third-order valence-electron chi connectivity index (χ3n) is 4.53. The van der Waals surface area contributed by atoms with Crippen LogP contribution in [0, 0.1) is 11.8 Å². The van der Waals surface area contributed by atoms with Crippen LogP contribution in [0.3, 0.4) is 0 Å². The van der Waals surface area contributed by atoms with E-state index in [-0.39, 0.29) is 18.1 Å². The van der Waals surface area contributed by atoms with Crippen molar-refractivity contribution in [3.8, 4) is 0 Å². The molecule has 1 saturated carbocycles. The van der Waals surface area contributed by atoms with Crippen LogP contribution in [0.1, 0.15) is 51.9 Å². The molecule has 1 spiro atoms. The van der Waals surface area contributed by atoms with Crippen LogP contribution < -0.4 is 5.32 Å². The number of carbonyl (C=O) groups is 1. The summed E-state index contributed by atoms with van der Waals surface area (Å²) in [6.07, 6.45) is 7.31. The Kier molecular flexibility index (Phi) is 3.53. The zero-order valence-corrected chi connectivity index (χ0v) is 10.2. The van der Waals surface area contributed by atoms with Gasteiger partial charge in [0.05, 0.1) is 0 Å². The second kappa shape index (κ2) is 4.74. The Morgan fingerprint density at radius 2 is 2.25 bits per heavy atom. The zero-order valence-electron chi connectivity index (χ0n) is 10.2. The molecule has 92 valence electrons. The minimum atomic E-state index is 0.0733. The number of hydrogen-bond donors (Lipinski definition) is 2. The van der Waals surface area contributed by atoms with Crippen molar-refractivity contribution in [2.45, 2.75) is 57.4 Å². The maximum absolute atomic E-state index is 11.6. The van der Waals surface area contributed by atoms with Crippen LogP contribution in [-0.4, -0.2) is 23.2 Å². The van der Waals surface area contributed by atoms with Crippen molar-refractivity contribution in [2.75, 3.05) is 6.61 Å². The molecule has 0 radical (unpaired) electrons. The van der Waals surface area contributed by atoms with Gasteiger partial charge in [-0.25, -0.2) is 0 Å². The highest BCUT2D eigenvalue weighted by atomic mass is 16.3. The molecule has 1 saturated heterocycles. The molecule has 2 rings (SSSR count). The lowest BCUT2D eigenvalue weighted by Crippen LogP contribution is -2.55. The summed E-state index contributed by atoms with van der Waals surface area (Å²) in [4.78, 5) is 11.6. The number of carbonyl (C=O) groups excluding carboxylic acids is 1. The molecule has 0 aromatic carbocycles. The number of amides is 1. The van der Waals surface area contributed by atoms with E-state index in [2.05, 4.69) is 12.2 Å².